The molecule has 0 bridgehead atoms. The van der Waals surface area contributed by atoms with E-state index >= 15 is 0 Å². The van der Waals surface area contributed by atoms with E-state index in [2.05, 4.69) is 9.97 Å². The molecular formula is C19H22N4O3S2. The molecule has 7 nitrogen and oxygen atoms in total. The van der Waals surface area contributed by atoms with E-state index in [-0.39, 0.29) is 16.8 Å². The summed E-state index contributed by atoms with van der Waals surface area (Å²) in [4.78, 5) is 25.1. The van der Waals surface area contributed by atoms with Crippen molar-refractivity contribution in [2.24, 2.45) is 5.14 Å². The Balaban J connectivity index is 1.93. The van der Waals surface area contributed by atoms with Gasteiger partial charge >= 0.3 is 0 Å². The van der Waals surface area contributed by atoms with E-state index < -0.39 is 10.0 Å². The number of nitrogens with two attached hydrogens (primary N) is 1. The van der Waals surface area contributed by atoms with Crippen molar-refractivity contribution >= 4 is 37.5 Å². The van der Waals surface area contributed by atoms with Crippen LogP contribution in [0.1, 0.15) is 45.3 Å². The quantitative estimate of drug-likeness (QED) is 0.701. The number of aryl methyl sites for hydroxylation is 3. The maximum atomic E-state index is 13.1. The van der Waals surface area contributed by atoms with Gasteiger partial charge in [0.15, 0.2) is 0 Å². The average molecular weight is 419 g/mol. The molecule has 3 aromatic rings. The molecule has 0 saturated carbocycles. The van der Waals surface area contributed by atoms with Gasteiger partial charge in [0.1, 0.15) is 10.7 Å². The maximum Gasteiger partial charge on any atom is 0.264 e. The Morgan fingerprint density at radius 2 is 1.75 bits per heavy atom. The number of rotatable bonds is 4. The van der Waals surface area contributed by atoms with Crippen LogP contribution in [0.25, 0.3) is 10.2 Å². The minimum Gasteiger partial charge on any atom is -0.334 e. The normalized spacial score (nSPS) is 12.9. The number of aromatic nitrogens is 2. The smallest absolute Gasteiger partial charge is 0.264 e. The number of carbonyl (C=O) groups excluding carboxylic acids is 1. The second kappa shape index (κ2) is 7.23. The second-order valence-corrected chi connectivity index (χ2v) is 9.36. The number of sulfonamides is 1. The number of hydrogen-bond acceptors (Lipinski definition) is 6. The monoisotopic (exact) mass is 418 g/mol. The first-order valence-corrected chi connectivity index (χ1v) is 11.0. The van der Waals surface area contributed by atoms with Gasteiger partial charge in [-0.1, -0.05) is 12.1 Å². The Bertz CT molecular complexity index is 1170. The Kier molecular flexibility index (Phi) is 5.26. The Labute approximate surface area is 168 Å². The van der Waals surface area contributed by atoms with E-state index in [0.717, 1.165) is 27.0 Å². The number of thiophene rings is 1. The summed E-state index contributed by atoms with van der Waals surface area (Å²) in [5.41, 5.74) is 2.56. The molecule has 0 aliphatic rings. The highest BCUT2D eigenvalue weighted by molar-refractivity contribution is 7.89. The molecule has 0 radical (unpaired) electrons. The topological polar surface area (TPSA) is 106 Å². The van der Waals surface area contributed by atoms with Gasteiger partial charge in [0, 0.05) is 18.1 Å². The summed E-state index contributed by atoms with van der Waals surface area (Å²) in [7, 11) is -2.01. The number of nitrogens with zero attached hydrogens (tertiary/aromatic N) is 3. The van der Waals surface area contributed by atoms with Gasteiger partial charge in [-0.15, -0.1) is 11.3 Å². The van der Waals surface area contributed by atoms with Crippen LogP contribution in [-0.2, 0) is 10.0 Å². The lowest BCUT2D eigenvalue weighted by Gasteiger charge is -2.25. The van der Waals surface area contributed by atoms with Crippen molar-refractivity contribution in [2.45, 2.75) is 38.6 Å². The molecule has 0 fully saturated rings. The molecule has 2 heterocycles. The van der Waals surface area contributed by atoms with Crippen LogP contribution in [-0.4, -0.2) is 36.2 Å². The molecule has 1 unspecified atom stereocenters. The van der Waals surface area contributed by atoms with E-state index in [1.165, 1.54) is 23.5 Å². The van der Waals surface area contributed by atoms with Crippen molar-refractivity contribution in [1.82, 2.24) is 14.9 Å². The summed E-state index contributed by atoms with van der Waals surface area (Å²) >= 11 is 1.37. The zero-order valence-electron chi connectivity index (χ0n) is 16.3. The molecule has 0 aliphatic heterocycles. The first kappa shape index (κ1) is 20.4. The van der Waals surface area contributed by atoms with Crippen LogP contribution in [0.2, 0.25) is 0 Å². The summed E-state index contributed by atoms with van der Waals surface area (Å²) in [5, 5.41) is 6.07. The summed E-state index contributed by atoms with van der Waals surface area (Å²) in [6.07, 6.45) is 0. The molecular weight excluding hydrogens is 396 g/mol. The predicted octanol–water partition coefficient (Wildman–Crippen LogP) is 3.10. The molecule has 1 aromatic carbocycles. The Morgan fingerprint density at radius 3 is 2.32 bits per heavy atom. The van der Waals surface area contributed by atoms with Crippen molar-refractivity contribution in [1.29, 1.82) is 0 Å². The molecule has 1 atom stereocenters. The van der Waals surface area contributed by atoms with E-state index in [0.29, 0.717) is 10.7 Å². The zero-order chi connectivity index (χ0) is 20.8. The lowest BCUT2D eigenvalue weighted by atomic mass is 10.1. The minimum atomic E-state index is -3.74. The number of fused-ring (bicyclic) bond motifs is 1. The zero-order valence-corrected chi connectivity index (χ0v) is 18.0. The highest BCUT2D eigenvalue weighted by Gasteiger charge is 2.25. The van der Waals surface area contributed by atoms with Crippen LogP contribution in [0.15, 0.2) is 29.2 Å². The Hall–Kier alpha value is -2.36. The summed E-state index contributed by atoms with van der Waals surface area (Å²) in [6.45, 7) is 7.56. The third kappa shape index (κ3) is 3.65. The molecule has 148 valence electrons. The number of amides is 1. The molecule has 9 heteroatoms. The van der Waals surface area contributed by atoms with Crippen LogP contribution in [0.3, 0.4) is 0 Å². The molecule has 1 amide bonds. The van der Waals surface area contributed by atoms with Crippen molar-refractivity contribution in [3.8, 4) is 0 Å². The second-order valence-electron chi connectivity index (χ2n) is 6.80. The number of benzene rings is 1. The fraction of sp³-hybridized carbons (Fsp3) is 0.316. The molecule has 0 aliphatic carbocycles. The van der Waals surface area contributed by atoms with E-state index in [1.807, 2.05) is 27.7 Å². The number of hydrogen-bond donors (Lipinski definition) is 1. The van der Waals surface area contributed by atoms with Gasteiger partial charge in [-0.25, -0.2) is 23.5 Å². The van der Waals surface area contributed by atoms with Gasteiger partial charge in [0.05, 0.1) is 15.8 Å². The van der Waals surface area contributed by atoms with Gasteiger partial charge < -0.3 is 4.90 Å². The van der Waals surface area contributed by atoms with Gasteiger partial charge in [0.25, 0.3) is 5.91 Å². The summed E-state index contributed by atoms with van der Waals surface area (Å²) in [6, 6.07) is 5.99. The highest BCUT2D eigenvalue weighted by Crippen LogP contribution is 2.33. The number of carbonyl (C=O) groups is 1. The fourth-order valence-corrected chi connectivity index (χ4v) is 4.95. The maximum absolute atomic E-state index is 13.1. The number of primary sulfonamides is 1. The molecule has 0 saturated heterocycles. The van der Waals surface area contributed by atoms with Gasteiger partial charge in [-0.3, -0.25) is 4.79 Å². The third-order valence-electron chi connectivity index (χ3n) is 4.87. The molecule has 2 N–H and O–H groups in total. The first-order valence-electron chi connectivity index (χ1n) is 8.65. The van der Waals surface area contributed by atoms with Crippen molar-refractivity contribution in [3.63, 3.8) is 0 Å². The fourth-order valence-electron chi connectivity index (χ4n) is 3.17. The van der Waals surface area contributed by atoms with Crippen LogP contribution in [0.4, 0.5) is 0 Å². The molecule has 28 heavy (non-hydrogen) atoms. The van der Waals surface area contributed by atoms with Crippen LogP contribution in [0, 0.1) is 20.8 Å². The van der Waals surface area contributed by atoms with Crippen molar-refractivity contribution < 1.29 is 13.2 Å². The summed E-state index contributed by atoms with van der Waals surface area (Å²) < 4.78 is 22.8. The molecule has 2 aromatic heterocycles. The van der Waals surface area contributed by atoms with Gasteiger partial charge in [-0.2, -0.15) is 0 Å². The lowest BCUT2D eigenvalue weighted by Crippen LogP contribution is -2.29. The van der Waals surface area contributed by atoms with E-state index in [4.69, 9.17) is 5.14 Å². The van der Waals surface area contributed by atoms with E-state index in [1.54, 1.807) is 24.1 Å². The van der Waals surface area contributed by atoms with Gasteiger partial charge in [-0.05, 0) is 51.0 Å². The van der Waals surface area contributed by atoms with Crippen LogP contribution >= 0.6 is 11.3 Å². The Morgan fingerprint density at radius 1 is 1.14 bits per heavy atom. The van der Waals surface area contributed by atoms with Crippen molar-refractivity contribution in [3.05, 3.63) is 51.8 Å². The SMILES string of the molecule is Cc1nc(C)c2c(C)c(C(=O)N(C)C(C)c3ccc(S(N)(=O)=O)cc3)sc2n1. The van der Waals surface area contributed by atoms with Crippen LogP contribution < -0.4 is 5.14 Å². The van der Waals surface area contributed by atoms with Crippen LogP contribution in [0.5, 0.6) is 0 Å². The third-order valence-corrected chi connectivity index (χ3v) is 6.97. The van der Waals surface area contributed by atoms with E-state index in [9.17, 15) is 13.2 Å². The molecule has 3 rings (SSSR count). The lowest BCUT2D eigenvalue weighted by molar-refractivity contribution is 0.0747. The minimum absolute atomic E-state index is 0.0437. The first-order chi connectivity index (χ1) is 13.0. The summed E-state index contributed by atoms with van der Waals surface area (Å²) in [5.74, 6) is 0.572. The standard InChI is InChI=1S/C19H22N4O3S2/c1-10-16-11(2)21-13(4)22-18(16)27-17(10)19(24)23(5)12(3)14-6-8-15(9-7-14)28(20,25)26/h6-9,12H,1-5H3,(H2,20,25,26). The van der Waals surface area contributed by atoms with Gasteiger partial charge in [0.2, 0.25) is 10.0 Å². The largest absolute Gasteiger partial charge is 0.334 e. The highest BCUT2D eigenvalue weighted by atomic mass is 32.2. The average Bonchev–Trinajstić information content (AvgIpc) is 2.95. The molecule has 0 spiro atoms. The van der Waals surface area contributed by atoms with Crippen molar-refractivity contribution in [2.75, 3.05) is 7.05 Å². The predicted molar refractivity (Wildman–Crippen MR) is 110 cm³/mol.